The van der Waals surface area contributed by atoms with Gasteiger partial charge in [0.05, 0.1) is 0 Å². The molecule has 0 spiro atoms. The number of nitrogens with zero attached hydrogens (tertiary/aromatic N) is 2. The van der Waals surface area contributed by atoms with E-state index in [1.54, 1.807) is 5.57 Å². The second-order valence-electron chi connectivity index (χ2n) is 14.7. The lowest BCUT2D eigenvalue weighted by Crippen LogP contribution is -2.31. The summed E-state index contributed by atoms with van der Waals surface area (Å²) in [5.74, 6) is -5.03. The van der Waals surface area contributed by atoms with Crippen LogP contribution in [0.4, 0.5) is 0 Å². The van der Waals surface area contributed by atoms with Crippen LogP contribution >= 0.6 is 23.4 Å². The highest BCUT2D eigenvalue weighted by Crippen LogP contribution is 2.47. The average Bonchev–Trinajstić information content (AvgIpc) is 3.66. The van der Waals surface area contributed by atoms with Crippen LogP contribution in [-0.2, 0) is 29.5 Å². The number of halogens is 1. The van der Waals surface area contributed by atoms with Gasteiger partial charge in [-0.15, -0.1) is 0 Å². The summed E-state index contributed by atoms with van der Waals surface area (Å²) in [6.45, 7) is 6.47. The number of carboxylic acid groups (broad SMARTS) is 4. The summed E-state index contributed by atoms with van der Waals surface area (Å²) in [5, 5.41) is 32.0. The summed E-state index contributed by atoms with van der Waals surface area (Å²) in [4.78, 5) is 45.9. The van der Waals surface area contributed by atoms with Gasteiger partial charge in [0.25, 0.3) is 0 Å². The number of carbonyl (C=O) groups is 4. The second kappa shape index (κ2) is 24.1. The Morgan fingerprint density at radius 3 is 1.61 bits per heavy atom. The lowest BCUT2D eigenvalue weighted by molar-refractivity contribution is -0.134. The summed E-state index contributed by atoms with van der Waals surface area (Å²) in [7, 11) is 4.44. The van der Waals surface area contributed by atoms with Gasteiger partial charge in [0.1, 0.15) is 5.60 Å². The Labute approximate surface area is 366 Å². The Balaban J connectivity index is 0.000000201. The fourth-order valence-electron chi connectivity index (χ4n) is 7.19. The van der Waals surface area contributed by atoms with E-state index in [4.69, 9.17) is 36.8 Å². The molecule has 4 N–H and O–H groups in total. The smallest absolute Gasteiger partial charge is 0.328 e. The number of aliphatic carboxylic acids is 4. The first kappa shape index (κ1) is 48.2. The topological polar surface area (TPSA) is 165 Å². The van der Waals surface area contributed by atoms with Crippen LogP contribution in [-0.4, -0.2) is 100 Å². The number of ether oxygens (including phenoxy) is 1. The van der Waals surface area contributed by atoms with E-state index in [9.17, 15) is 19.2 Å². The number of carboxylic acids is 4. The quantitative estimate of drug-likeness (QED) is 0.0986. The predicted octanol–water partition coefficient (Wildman–Crippen LogP) is 9.21. The zero-order chi connectivity index (χ0) is 44.4. The molecule has 0 radical (unpaired) electrons. The number of hydrogen-bond acceptors (Lipinski definition) is 8. The summed E-state index contributed by atoms with van der Waals surface area (Å²) in [5.41, 5.74) is 7.86. The van der Waals surface area contributed by atoms with Crippen molar-refractivity contribution in [3.05, 3.63) is 160 Å². The summed E-state index contributed by atoms with van der Waals surface area (Å²) in [6.07, 6.45) is 8.28. The van der Waals surface area contributed by atoms with Crippen LogP contribution in [0.1, 0.15) is 61.3 Å². The minimum absolute atomic E-state index is 0.455. The average molecular weight is 869 g/mol. The van der Waals surface area contributed by atoms with E-state index >= 15 is 0 Å². The van der Waals surface area contributed by atoms with E-state index in [0.717, 1.165) is 23.6 Å². The van der Waals surface area contributed by atoms with E-state index in [2.05, 4.69) is 116 Å². The van der Waals surface area contributed by atoms with Gasteiger partial charge in [0.15, 0.2) is 0 Å². The molecular weight excluding hydrogens is 816 g/mol. The molecule has 2 atom stereocenters. The van der Waals surface area contributed by atoms with Crippen molar-refractivity contribution in [3.8, 4) is 0 Å². The van der Waals surface area contributed by atoms with Crippen LogP contribution in [0.2, 0.25) is 5.02 Å². The number of hydrogen-bond donors (Lipinski definition) is 4. The maximum Gasteiger partial charge on any atom is 0.328 e. The van der Waals surface area contributed by atoms with Crippen molar-refractivity contribution in [1.29, 1.82) is 0 Å². The third kappa shape index (κ3) is 15.2. The van der Waals surface area contributed by atoms with Crippen LogP contribution < -0.4 is 0 Å². The van der Waals surface area contributed by atoms with Gasteiger partial charge in [-0.25, -0.2) is 19.2 Å². The van der Waals surface area contributed by atoms with Crippen LogP contribution in [0.5, 0.6) is 0 Å². The van der Waals surface area contributed by atoms with Gasteiger partial charge < -0.3 is 35.0 Å². The maximum atomic E-state index is 9.55. The van der Waals surface area contributed by atoms with Gasteiger partial charge in [-0.05, 0) is 112 Å². The number of piperidine rings is 1. The Morgan fingerprint density at radius 2 is 1.15 bits per heavy atom. The molecule has 13 heteroatoms. The highest BCUT2D eigenvalue weighted by molar-refractivity contribution is 7.99. The minimum Gasteiger partial charge on any atom is -0.478 e. The molecular formula is C48H53ClN2O9S. The van der Waals surface area contributed by atoms with E-state index in [-0.39, 0.29) is 0 Å². The van der Waals surface area contributed by atoms with Gasteiger partial charge in [-0.1, -0.05) is 108 Å². The lowest BCUT2D eigenvalue weighted by Gasteiger charge is -2.32. The molecule has 11 nitrogen and oxygen atoms in total. The third-order valence-corrected chi connectivity index (χ3v) is 11.9. The van der Waals surface area contributed by atoms with Gasteiger partial charge in [0.2, 0.25) is 0 Å². The predicted molar refractivity (Wildman–Crippen MR) is 239 cm³/mol. The van der Waals surface area contributed by atoms with Crippen molar-refractivity contribution < 1.29 is 44.3 Å². The second-order valence-corrected chi connectivity index (χ2v) is 16.2. The van der Waals surface area contributed by atoms with Crippen molar-refractivity contribution in [3.63, 3.8) is 0 Å². The SMILES string of the molecule is CN1CCC(=C2c3ccccc3Sc3ccccc32)CC1.CN1CCCC1CCOC(C)(c1ccccc1)c1ccc(Cl)cc1.O=C(O)C=CC(=O)O.O=C(O)C=CC(=O)O. The van der Waals surface area contributed by atoms with Crippen molar-refractivity contribution in [2.75, 3.05) is 40.3 Å². The van der Waals surface area contributed by atoms with E-state index in [1.807, 2.05) is 30.0 Å². The molecule has 2 unspecified atom stereocenters. The Morgan fingerprint density at radius 1 is 0.689 bits per heavy atom. The third-order valence-electron chi connectivity index (χ3n) is 10.4. The summed E-state index contributed by atoms with van der Waals surface area (Å²) in [6, 6.07) is 36.8. The monoisotopic (exact) mass is 868 g/mol. The van der Waals surface area contributed by atoms with Gasteiger partial charge >= 0.3 is 23.9 Å². The van der Waals surface area contributed by atoms with Crippen molar-refractivity contribution in [2.24, 2.45) is 0 Å². The van der Waals surface area contributed by atoms with Crippen LogP contribution in [0.15, 0.2) is 143 Å². The Kier molecular flexibility index (Phi) is 19.0. The molecule has 3 heterocycles. The van der Waals surface area contributed by atoms with Crippen LogP contribution in [0.3, 0.4) is 0 Å². The number of benzene rings is 4. The molecule has 7 rings (SSSR count). The molecule has 0 aliphatic carbocycles. The number of rotatable bonds is 10. The molecule has 3 aliphatic rings. The normalized spacial score (nSPS) is 17.0. The molecule has 3 aliphatic heterocycles. The molecule has 4 aromatic rings. The molecule has 4 aromatic carbocycles. The van der Waals surface area contributed by atoms with Crippen molar-refractivity contribution in [2.45, 2.75) is 60.5 Å². The number of fused-ring (bicyclic) bond motifs is 2. The molecule has 61 heavy (non-hydrogen) atoms. The molecule has 2 fully saturated rings. The Bertz CT molecular complexity index is 2070. The van der Waals surface area contributed by atoms with E-state index < -0.39 is 29.5 Å². The lowest BCUT2D eigenvalue weighted by atomic mass is 9.88. The molecule has 0 amide bonds. The van der Waals surface area contributed by atoms with Gasteiger partial charge in [-0.2, -0.15) is 0 Å². The first-order valence-corrected chi connectivity index (χ1v) is 21.1. The highest BCUT2D eigenvalue weighted by atomic mass is 35.5. The zero-order valence-corrected chi connectivity index (χ0v) is 36.1. The summed E-state index contributed by atoms with van der Waals surface area (Å²) < 4.78 is 6.48. The van der Waals surface area contributed by atoms with E-state index in [0.29, 0.717) is 30.3 Å². The fourth-order valence-corrected chi connectivity index (χ4v) is 8.41. The molecule has 0 saturated carbocycles. The first-order chi connectivity index (χ1) is 29.2. The largest absolute Gasteiger partial charge is 0.478 e. The molecule has 0 aromatic heterocycles. The zero-order valence-electron chi connectivity index (χ0n) is 34.6. The number of likely N-dealkylation sites (tertiary alicyclic amines) is 2. The fraction of sp³-hybridized carbons (Fsp3) is 0.292. The van der Waals surface area contributed by atoms with Crippen molar-refractivity contribution in [1.82, 2.24) is 9.80 Å². The van der Waals surface area contributed by atoms with Gasteiger partial charge in [-0.3, -0.25) is 0 Å². The van der Waals surface area contributed by atoms with E-state index in [1.165, 1.54) is 77.4 Å². The first-order valence-electron chi connectivity index (χ1n) is 19.9. The van der Waals surface area contributed by atoms with Crippen LogP contribution in [0.25, 0.3) is 5.57 Å². The molecule has 0 bridgehead atoms. The Hall–Kier alpha value is -5.50. The molecule has 322 valence electrons. The molecule has 2 saturated heterocycles. The summed E-state index contributed by atoms with van der Waals surface area (Å²) >= 11 is 7.97. The standard InChI is InChI=1S/C21H26ClNO.C19H19NS.2C4H4O4/c1-21(17-7-4-3-5-8-17,18-10-12-19(22)13-11-18)24-16-14-20-9-6-15-23(20)2;1-20-12-10-14(11-13-20)19-15-6-2-4-8-17(15)21-18-9-5-3-7-16(18)19;2*5-3(6)1-2-4(7)8/h3-5,7-8,10-13,20H,6,9,14-16H2,1-2H3;2-9H,10-13H2,1H3;2*1-2H,(H,5,6)(H,7,8). The van der Waals surface area contributed by atoms with Gasteiger partial charge in [0, 0.05) is 64.9 Å². The minimum atomic E-state index is -1.26. The van der Waals surface area contributed by atoms with Crippen LogP contribution in [0, 0.1) is 0 Å². The van der Waals surface area contributed by atoms with Crippen molar-refractivity contribution >= 4 is 52.8 Å². The highest BCUT2D eigenvalue weighted by Gasteiger charge is 2.31. The maximum absolute atomic E-state index is 9.55.